The van der Waals surface area contributed by atoms with Crippen molar-refractivity contribution in [2.75, 3.05) is 14.2 Å². The average Bonchev–Trinajstić information content (AvgIpc) is 1.89. The Balaban J connectivity index is 0. The molecule has 0 aliphatic carbocycles. The molecule has 0 rings (SSSR count). The molecule has 0 atom stereocenters. The predicted octanol–water partition coefficient (Wildman–Crippen LogP) is -3.03. The molecule has 0 N–H and O–H groups in total. The van der Waals surface area contributed by atoms with E-state index in [2.05, 4.69) is 12.2 Å². The van der Waals surface area contributed by atoms with E-state index in [1.165, 1.54) is 0 Å². The Kier molecular flexibility index (Phi) is 9.42. The van der Waals surface area contributed by atoms with Gasteiger partial charge in [-0.3, -0.25) is 0 Å². The van der Waals surface area contributed by atoms with Crippen LogP contribution < -0.4 is 56.5 Å². The summed E-state index contributed by atoms with van der Waals surface area (Å²) in [4.78, 5) is 0. The summed E-state index contributed by atoms with van der Waals surface area (Å²) in [5, 5.41) is 10.0. The molecule has 0 bridgehead atoms. The number of hydrogen-bond donors (Lipinski definition) is 0. The summed E-state index contributed by atoms with van der Waals surface area (Å²) in [7, 11) is 1.17. The molecule has 0 aromatic heterocycles. The van der Waals surface area contributed by atoms with Gasteiger partial charge in [-0.2, -0.15) is 0 Å². The van der Waals surface area contributed by atoms with Gasteiger partial charge in [0.15, 0.2) is 0 Å². The minimum absolute atomic E-state index is 0. The van der Waals surface area contributed by atoms with E-state index in [0.717, 1.165) is 0 Å². The minimum Gasteiger partial charge on any atom is -0.867 e. The summed E-state index contributed by atoms with van der Waals surface area (Å²) in [5.74, 6) is 0. The van der Waals surface area contributed by atoms with Crippen LogP contribution >= 0.6 is 12.2 Å². The molecular weight excluding hydrogens is 219 g/mol. The van der Waals surface area contributed by atoms with Crippen molar-refractivity contribution in [1.29, 1.82) is 0 Å². The molecule has 6 heteroatoms. The summed E-state index contributed by atoms with van der Waals surface area (Å²) in [5.41, 5.74) is 0. The van der Waals surface area contributed by atoms with E-state index in [1.54, 1.807) is 28.1 Å². The van der Waals surface area contributed by atoms with Gasteiger partial charge in [0.2, 0.25) is 0 Å². The van der Waals surface area contributed by atoms with Gasteiger partial charge in [-0.25, -0.2) is 0 Å². The molecule has 0 unspecified atom stereocenters. The van der Waals surface area contributed by atoms with E-state index in [1.807, 2.05) is 0 Å². The Morgan fingerprint density at radius 3 is 1.75 bits per heavy atom. The van der Waals surface area contributed by atoms with Gasteiger partial charge in [0, 0.05) is 19.3 Å². The molecule has 0 heterocycles. The summed E-state index contributed by atoms with van der Waals surface area (Å²) in [6.07, 6.45) is 0. The molecule has 0 amide bonds. The Morgan fingerprint density at radius 1 is 1.33 bits per heavy atom. The molecule has 3 nitrogen and oxygen atoms in total. The topological polar surface area (TPSA) is 41.5 Å². The average molecular weight is 232 g/mol. The Labute approximate surface area is 123 Å². The van der Waals surface area contributed by atoms with Crippen LogP contribution in [0.3, 0.4) is 0 Å². The second kappa shape index (κ2) is 7.02. The molecule has 12 heavy (non-hydrogen) atoms. The Hall–Kier alpha value is 1.66. The first-order chi connectivity index (χ1) is 4.96. The van der Waals surface area contributed by atoms with E-state index in [0.29, 0.717) is 0 Å². The van der Waals surface area contributed by atoms with Crippen LogP contribution in [0.25, 0.3) is 0 Å². The third-order valence-corrected chi connectivity index (χ3v) is 4.58. The Bertz CT molecular complexity index is 150. The van der Waals surface area contributed by atoms with Crippen molar-refractivity contribution in [2.24, 2.45) is 0 Å². The second-order valence-corrected chi connectivity index (χ2v) is 6.23. The van der Waals surface area contributed by atoms with Gasteiger partial charge < -0.3 is 14.0 Å². The third kappa shape index (κ3) is 4.25. The van der Waals surface area contributed by atoms with Crippen molar-refractivity contribution >= 4 is 26.6 Å². The van der Waals surface area contributed by atoms with Crippen LogP contribution in [0.4, 0.5) is 0 Å². The molecule has 0 spiro atoms. The van der Waals surface area contributed by atoms with E-state index in [-0.39, 0.29) is 56.4 Å². The standard InChI is InChI=1S/C6H14O3SSi.K/c1-6(2,5(7)10)11(8-3)9-4;/h11H,1-4H3,(H,7,10);/q;+1/p-1. The molecule has 0 aromatic rings. The normalized spacial score (nSPS) is 11.1. The second-order valence-electron chi connectivity index (χ2n) is 2.81. The molecule has 0 saturated carbocycles. The summed E-state index contributed by atoms with van der Waals surface area (Å²) >= 11 is 4.56. The van der Waals surface area contributed by atoms with Crippen molar-refractivity contribution in [3.63, 3.8) is 0 Å². The van der Waals surface area contributed by atoms with Gasteiger partial charge in [0.1, 0.15) is 0 Å². The van der Waals surface area contributed by atoms with Gasteiger partial charge >= 0.3 is 60.7 Å². The number of hydrogen-bond acceptors (Lipinski definition) is 4. The van der Waals surface area contributed by atoms with Crippen molar-refractivity contribution in [1.82, 2.24) is 0 Å². The molecule has 0 fully saturated rings. The summed E-state index contributed by atoms with van der Waals surface area (Å²) in [6.45, 7) is 3.51. The van der Waals surface area contributed by atoms with Crippen LogP contribution in [0.1, 0.15) is 13.8 Å². The first-order valence-corrected chi connectivity index (χ1v) is 5.16. The molecule has 0 aliphatic heterocycles. The van der Waals surface area contributed by atoms with E-state index < -0.39 is 14.3 Å². The van der Waals surface area contributed by atoms with Crippen LogP contribution in [0.15, 0.2) is 0 Å². The van der Waals surface area contributed by atoms with E-state index in [4.69, 9.17) is 8.85 Å². The van der Waals surface area contributed by atoms with E-state index >= 15 is 0 Å². The molecule has 0 radical (unpaired) electrons. The molecule has 0 saturated heterocycles. The van der Waals surface area contributed by atoms with Crippen LogP contribution in [0.2, 0.25) is 5.04 Å². The number of rotatable bonds is 4. The molecule has 66 valence electrons. The van der Waals surface area contributed by atoms with Crippen molar-refractivity contribution in [3.05, 3.63) is 0 Å². The maximum absolute atomic E-state index is 10.9. The largest absolute Gasteiger partial charge is 1.00 e. The molecule has 0 aliphatic rings. The van der Waals surface area contributed by atoms with E-state index in [9.17, 15) is 5.11 Å². The zero-order valence-electron chi connectivity index (χ0n) is 8.21. The fourth-order valence-corrected chi connectivity index (χ4v) is 2.63. The summed E-state index contributed by atoms with van der Waals surface area (Å²) in [6, 6.07) is 0. The third-order valence-electron chi connectivity index (χ3n) is 1.54. The first kappa shape index (κ1) is 16.1. The van der Waals surface area contributed by atoms with Crippen molar-refractivity contribution in [3.8, 4) is 0 Å². The maximum atomic E-state index is 10.9. The van der Waals surface area contributed by atoms with Crippen molar-refractivity contribution in [2.45, 2.75) is 18.9 Å². The number of thiocarbonyl (C=S) groups is 1. The zero-order valence-corrected chi connectivity index (χ0v) is 13.3. The fraction of sp³-hybridized carbons (Fsp3) is 0.833. The monoisotopic (exact) mass is 232 g/mol. The van der Waals surface area contributed by atoms with Gasteiger partial charge in [-0.15, -0.1) is 12.2 Å². The SMILES string of the molecule is CO[SiH](OC)C(C)(C)C([O-])=S.[K+]. The van der Waals surface area contributed by atoms with Crippen LogP contribution in [-0.2, 0) is 8.85 Å². The fourth-order valence-electron chi connectivity index (χ4n) is 0.782. The minimum atomic E-state index is -1.91. The van der Waals surface area contributed by atoms with Gasteiger partial charge in [0.25, 0.3) is 0 Å². The van der Waals surface area contributed by atoms with Gasteiger partial charge in [-0.1, -0.05) is 18.9 Å². The molecular formula is C6H13KO3SSi. The predicted molar refractivity (Wildman–Crippen MR) is 47.8 cm³/mol. The van der Waals surface area contributed by atoms with Gasteiger partial charge in [-0.05, 0) is 0 Å². The van der Waals surface area contributed by atoms with Crippen molar-refractivity contribution < 1.29 is 65.3 Å². The van der Waals surface area contributed by atoms with Crippen LogP contribution in [0, 0.1) is 0 Å². The van der Waals surface area contributed by atoms with Gasteiger partial charge in [0.05, 0.1) is 0 Å². The summed E-state index contributed by atoms with van der Waals surface area (Å²) < 4.78 is 10.1. The first-order valence-electron chi connectivity index (χ1n) is 3.23. The zero-order chi connectivity index (χ0) is 9.07. The molecule has 0 aromatic carbocycles. The smallest absolute Gasteiger partial charge is 0.867 e. The quantitative estimate of drug-likeness (QED) is 0.382. The van der Waals surface area contributed by atoms with Crippen LogP contribution in [-0.4, -0.2) is 28.6 Å². The Morgan fingerprint density at radius 2 is 1.67 bits per heavy atom. The van der Waals surface area contributed by atoms with Crippen LogP contribution in [0.5, 0.6) is 0 Å². The maximum Gasteiger partial charge on any atom is 1.00 e.